The first-order valence-electron chi connectivity index (χ1n) is 8.61. The summed E-state index contributed by atoms with van der Waals surface area (Å²) in [6.07, 6.45) is -3.33. The van der Waals surface area contributed by atoms with Gasteiger partial charge in [-0.05, 0) is 43.3 Å². The van der Waals surface area contributed by atoms with E-state index in [1.807, 2.05) is 0 Å². The average molecular weight is 415 g/mol. The summed E-state index contributed by atoms with van der Waals surface area (Å²) in [6, 6.07) is 10.3. The van der Waals surface area contributed by atoms with E-state index < -0.39 is 29.5 Å². The first kappa shape index (κ1) is 19.4. The monoisotopic (exact) mass is 415 g/mol. The zero-order valence-corrected chi connectivity index (χ0v) is 15.3. The van der Waals surface area contributed by atoms with Crippen molar-refractivity contribution >= 4 is 17.8 Å². The average Bonchev–Trinajstić information content (AvgIpc) is 3.21. The van der Waals surface area contributed by atoms with E-state index in [4.69, 9.17) is 4.84 Å². The molecule has 4 rings (SSSR count). The van der Waals surface area contributed by atoms with Crippen LogP contribution in [0.25, 0.3) is 5.69 Å². The number of nitrogens with zero attached hydrogens (tertiary/aromatic N) is 3. The summed E-state index contributed by atoms with van der Waals surface area (Å²) in [6.45, 7) is 1.50. The van der Waals surface area contributed by atoms with E-state index in [0.717, 1.165) is 18.3 Å². The zero-order valence-electron chi connectivity index (χ0n) is 15.3. The Morgan fingerprint density at radius 2 is 1.53 bits per heavy atom. The number of imide groups is 1. The van der Waals surface area contributed by atoms with E-state index in [2.05, 4.69) is 5.10 Å². The molecule has 0 unspecified atom stereocenters. The number of aromatic nitrogens is 2. The van der Waals surface area contributed by atoms with Gasteiger partial charge in [0.2, 0.25) is 0 Å². The third-order valence-electron chi connectivity index (χ3n) is 4.60. The van der Waals surface area contributed by atoms with Gasteiger partial charge in [0.25, 0.3) is 11.8 Å². The van der Waals surface area contributed by atoms with E-state index in [-0.39, 0.29) is 22.4 Å². The lowest BCUT2D eigenvalue weighted by molar-refractivity contribution is -0.137. The minimum absolute atomic E-state index is 0.0496. The molecule has 2 amide bonds. The Hall–Kier alpha value is -3.95. The van der Waals surface area contributed by atoms with Crippen molar-refractivity contribution in [3.63, 3.8) is 0 Å². The standard InChI is InChI=1S/C20H12F3N3O4/c1-11-16(10-24-25(11)13-8-6-12(7-9-13)20(21,22)23)19(29)30-26-17(27)14-4-2-3-5-15(14)18(26)28/h2-10H,1H3. The predicted octanol–water partition coefficient (Wildman–Crippen LogP) is 3.57. The largest absolute Gasteiger partial charge is 0.416 e. The van der Waals surface area contributed by atoms with Crippen molar-refractivity contribution < 1.29 is 32.4 Å². The highest BCUT2D eigenvalue weighted by molar-refractivity contribution is 6.21. The summed E-state index contributed by atoms with van der Waals surface area (Å²) in [4.78, 5) is 42.1. The molecule has 152 valence electrons. The van der Waals surface area contributed by atoms with Crippen LogP contribution in [0.2, 0.25) is 0 Å². The molecule has 0 aliphatic carbocycles. The fraction of sp³-hybridized carbons (Fsp3) is 0.100. The number of hydrogen-bond donors (Lipinski definition) is 0. The SMILES string of the molecule is Cc1c(C(=O)ON2C(=O)c3ccccc3C2=O)cnn1-c1ccc(C(F)(F)F)cc1. The second-order valence-electron chi connectivity index (χ2n) is 6.43. The Labute approximate surface area is 167 Å². The molecule has 0 saturated carbocycles. The Kier molecular flexibility index (Phi) is 4.41. The van der Waals surface area contributed by atoms with Crippen molar-refractivity contribution in [1.29, 1.82) is 0 Å². The molecule has 2 aromatic carbocycles. The van der Waals surface area contributed by atoms with E-state index in [1.54, 1.807) is 12.1 Å². The van der Waals surface area contributed by atoms with Crippen molar-refractivity contribution in [2.24, 2.45) is 0 Å². The first-order valence-corrected chi connectivity index (χ1v) is 8.61. The quantitative estimate of drug-likeness (QED) is 0.611. The van der Waals surface area contributed by atoms with Gasteiger partial charge in [-0.2, -0.15) is 18.3 Å². The molecule has 1 aromatic heterocycles. The molecule has 30 heavy (non-hydrogen) atoms. The minimum Gasteiger partial charge on any atom is -0.324 e. The molecular formula is C20H12F3N3O4. The second kappa shape index (κ2) is 6.83. The summed E-state index contributed by atoms with van der Waals surface area (Å²) in [5, 5.41) is 4.37. The highest BCUT2D eigenvalue weighted by Crippen LogP contribution is 2.30. The van der Waals surface area contributed by atoms with Crippen molar-refractivity contribution in [3.05, 3.63) is 82.7 Å². The normalized spacial score (nSPS) is 13.5. The Morgan fingerprint density at radius 3 is 2.07 bits per heavy atom. The lowest BCUT2D eigenvalue weighted by atomic mass is 10.1. The molecule has 7 nitrogen and oxygen atoms in total. The molecule has 0 atom stereocenters. The van der Waals surface area contributed by atoms with Crippen molar-refractivity contribution in [3.8, 4) is 5.69 Å². The summed E-state index contributed by atoms with van der Waals surface area (Å²) in [7, 11) is 0. The molecule has 0 bridgehead atoms. The maximum absolute atomic E-state index is 12.7. The van der Waals surface area contributed by atoms with Crippen LogP contribution in [0, 0.1) is 6.92 Å². The zero-order chi connectivity index (χ0) is 21.6. The number of carbonyl (C=O) groups excluding carboxylic acids is 3. The van der Waals surface area contributed by atoms with Gasteiger partial charge in [-0.1, -0.05) is 17.2 Å². The number of benzene rings is 2. The number of alkyl halides is 3. The summed E-state index contributed by atoms with van der Waals surface area (Å²) in [5.74, 6) is -2.53. The summed E-state index contributed by atoms with van der Waals surface area (Å²) < 4.78 is 39.4. The van der Waals surface area contributed by atoms with Crippen LogP contribution in [0.15, 0.2) is 54.7 Å². The maximum atomic E-state index is 12.7. The molecule has 0 spiro atoms. The van der Waals surface area contributed by atoms with E-state index in [1.165, 1.54) is 35.9 Å². The van der Waals surface area contributed by atoms with E-state index in [9.17, 15) is 27.6 Å². The van der Waals surface area contributed by atoms with Gasteiger partial charge in [-0.25, -0.2) is 9.48 Å². The van der Waals surface area contributed by atoms with Gasteiger partial charge >= 0.3 is 12.1 Å². The summed E-state index contributed by atoms with van der Waals surface area (Å²) >= 11 is 0. The van der Waals surface area contributed by atoms with Gasteiger partial charge in [0.05, 0.1) is 34.3 Å². The van der Waals surface area contributed by atoms with Gasteiger partial charge < -0.3 is 4.84 Å². The van der Waals surface area contributed by atoms with Gasteiger partial charge in [0, 0.05) is 0 Å². The molecule has 0 saturated heterocycles. The van der Waals surface area contributed by atoms with Crippen LogP contribution >= 0.6 is 0 Å². The Morgan fingerprint density at radius 1 is 0.967 bits per heavy atom. The lowest BCUT2D eigenvalue weighted by Gasteiger charge is -2.12. The van der Waals surface area contributed by atoms with Gasteiger partial charge in [0.15, 0.2) is 0 Å². The number of carbonyl (C=O) groups is 3. The number of fused-ring (bicyclic) bond motifs is 1. The third kappa shape index (κ3) is 3.11. The number of hydrogen-bond acceptors (Lipinski definition) is 5. The van der Waals surface area contributed by atoms with E-state index >= 15 is 0 Å². The Balaban J connectivity index is 1.56. The molecule has 0 N–H and O–H groups in total. The van der Waals surface area contributed by atoms with Crippen LogP contribution in [0.4, 0.5) is 13.2 Å². The van der Waals surface area contributed by atoms with Crippen LogP contribution in [-0.2, 0) is 11.0 Å². The molecule has 3 aromatic rings. The second-order valence-corrected chi connectivity index (χ2v) is 6.43. The van der Waals surface area contributed by atoms with E-state index in [0.29, 0.717) is 10.8 Å². The number of rotatable bonds is 3. The highest BCUT2D eigenvalue weighted by atomic mass is 19.4. The van der Waals surface area contributed by atoms with Gasteiger partial charge in [0.1, 0.15) is 5.56 Å². The molecule has 1 aliphatic rings. The van der Waals surface area contributed by atoms with Crippen molar-refractivity contribution in [2.75, 3.05) is 0 Å². The molecule has 1 aliphatic heterocycles. The highest BCUT2D eigenvalue weighted by Gasteiger charge is 2.39. The number of amides is 2. The van der Waals surface area contributed by atoms with Crippen LogP contribution in [0.1, 0.15) is 42.3 Å². The fourth-order valence-electron chi connectivity index (χ4n) is 3.04. The lowest BCUT2D eigenvalue weighted by Crippen LogP contribution is -2.32. The summed E-state index contributed by atoms with van der Waals surface area (Å²) in [5.41, 5.74) is -0.0793. The maximum Gasteiger partial charge on any atom is 0.416 e. The third-order valence-corrected chi connectivity index (χ3v) is 4.60. The van der Waals surface area contributed by atoms with Crippen LogP contribution in [0.3, 0.4) is 0 Å². The van der Waals surface area contributed by atoms with Gasteiger partial charge in [-0.3, -0.25) is 9.59 Å². The van der Waals surface area contributed by atoms with Crippen molar-refractivity contribution in [1.82, 2.24) is 14.8 Å². The molecular weight excluding hydrogens is 403 g/mol. The molecule has 10 heteroatoms. The number of hydroxylamine groups is 2. The molecule has 0 radical (unpaired) electrons. The van der Waals surface area contributed by atoms with Crippen LogP contribution < -0.4 is 0 Å². The smallest absolute Gasteiger partial charge is 0.324 e. The fourth-order valence-corrected chi connectivity index (χ4v) is 3.04. The molecule has 2 heterocycles. The molecule has 0 fully saturated rings. The topological polar surface area (TPSA) is 81.5 Å². The number of halogens is 3. The van der Waals surface area contributed by atoms with Crippen LogP contribution in [-0.4, -0.2) is 32.6 Å². The van der Waals surface area contributed by atoms with Crippen molar-refractivity contribution in [2.45, 2.75) is 13.1 Å². The predicted molar refractivity (Wildman–Crippen MR) is 95.7 cm³/mol. The van der Waals surface area contributed by atoms with Crippen LogP contribution in [0.5, 0.6) is 0 Å². The minimum atomic E-state index is -4.47. The van der Waals surface area contributed by atoms with Gasteiger partial charge in [-0.15, -0.1) is 0 Å². The first-order chi connectivity index (χ1) is 14.2. The Bertz CT molecular complexity index is 1150.